The molecule has 10 bridgehead atoms. The van der Waals surface area contributed by atoms with Crippen LogP contribution < -0.4 is 37.6 Å². The van der Waals surface area contributed by atoms with E-state index in [4.69, 9.17) is 35.5 Å². The Labute approximate surface area is 491 Å². The first-order chi connectivity index (χ1) is 39.4. The summed E-state index contributed by atoms with van der Waals surface area (Å²) in [4.78, 5) is 128. The molecule has 1 aliphatic rings. The van der Waals surface area contributed by atoms with Gasteiger partial charge in [0.1, 0.15) is 76.8 Å². The maximum absolute atomic E-state index is 14.3. The predicted molar refractivity (Wildman–Crippen MR) is 310 cm³/mol. The number of carboxylic acids is 1. The maximum Gasteiger partial charge on any atom is 0.320 e. The van der Waals surface area contributed by atoms with Crippen LogP contribution in [-0.4, -0.2) is 113 Å². The van der Waals surface area contributed by atoms with E-state index in [0.717, 1.165) is 34.0 Å². The van der Waals surface area contributed by atoms with Crippen molar-refractivity contribution in [3.05, 3.63) is 112 Å². The normalized spacial score (nSPS) is 16.8. The second kappa shape index (κ2) is 26.1. The number of nitrogens with two attached hydrogens (primary N) is 1. The Morgan fingerprint density at radius 3 is 2.26 bits per heavy atom. The molecule has 5 atom stereocenters. The van der Waals surface area contributed by atoms with Gasteiger partial charge in [0.15, 0.2) is 0 Å². The zero-order valence-electron chi connectivity index (χ0n) is 44.2. The van der Waals surface area contributed by atoms with Crippen LogP contribution in [0.2, 0.25) is 0 Å². The standard InChI is InChI=1S/C52H52N14O10S6/c1-22(2)37-51-66-40(32(82-51)18-76-5)44(72)55-17-36(69)63-41(42(70)24-9-7-6-8-10-24)50-60-30(20-78-50)47-56-16-31(81-47)39-25(11-13-27(57-39)48-62-33(21-79-48)61-34(67)14-12-26(53)52(74)75)46-59-29(19-77-46)43(71)58-28(15-35(68)54-4)49-65-38(23(3)80-49)45(73)64-37/h6-11,13,16,19-22,26,28,37,41-42,70H,12,14-15,17-18,53H2,1-5H3,(H,54,68)(H,55,72)(H,58,71)(H,61,67)(H,63,69)(H,64,73)(H,74,75)/t26-,28-,37-,41-,42-/m0/s1. The van der Waals surface area contributed by atoms with E-state index in [0.29, 0.717) is 67.9 Å². The topological polar surface area (TPSA) is 358 Å². The fraction of sp³-hybridized carbons (Fsp3) is 0.308. The largest absolute Gasteiger partial charge is 0.480 e. The highest BCUT2D eigenvalue weighted by molar-refractivity contribution is 7.19. The zero-order valence-corrected chi connectivity index (χ0v) is 49.1. The van der Waals surface area contributed by atoms with Crippen molar-refractivity contribution in [2.75, 3.05) is 26.0 Å². The number of hydrogen-bond donors (Lipinski definition) is 9. The van der Waals surface area contributed by atoms with Gasteiger partial charge in [-0.25, -0.2) is 34.9 Å². The lowest BCUT2D eigenvalue weighted by Crippen LogP contribution is -2.40. The third kappa shape index (κ3) is 13.6. The van der Waals surface area contributed by atoms with Crippen molar-refractivity contribution >= 4 is 115 Å². The van der Waals surface area contributed by atoms with Crippen molar-refractivity contribution in [3.8, 4) is 42.5 Å². The number of rotatable bonds is 13. The molecule has 8 heterocycles. The number of ether oxygens (including phenoxy) is 1. The Kier molecular flexibility index (Phi) is 18.7. The van der Waals surface area contributed by atoms with Gasteiger partial charge in [-0.05, 0) is 37.0 Å². The van der Waals surface area contributed by atoms with Crippen molar-refractivity contribution in [2.24, 2.45) is 11.7 Å². The van der Waals surface area contributed by atoms with Crippen LogP contribution in [0.3, 0.4) is 0 Å². The molecule has 0 radical (unpaired) electrons. The first kappa shape index (κ1) is 59.0. The molecule has 0 aliphatic carbocycles. The Morgan fingerprint density at radius 2 is 1.51 bits per heavy atom. The Bertz CT molecular complexity index is 3680. The number of aromatic nitrogens is 7. The SMILES string of the molecule is CNC(=O)C[C@@H]1NC(=O)c2csc(n2)-c2ccc(-c3nc(NC(=O)CC[C@H](N)C(=O)O)cs3)nc2-c2cnc(s2)-c2csc(n2)[C@H]([C@@H](O)c2ccccc2)NC(=O)CNC(=O)c2nc(sc2COC)[C@H](C(C)C)NC(=O)c2nc1sc2C. The number of aliphatic carboxylic acids is 1. The number of aliphatic hydroxyl groups excluding tert-OH is 1. The number of carboxylic acid groups (broad SMARTS) is 1. The average molecular weight is 1230 g/mol. The molecule has 24 nitrogen and oxygen atoms in total. The zero-order chi connectivity index (χ0) is 58.4. The van der Waals surface area contributed by atoms with Gasteiger partial charge in [0, 0.05) is 53.4 Å². The number of carbonyl (C=O) groups excluding carboxylic acids is 6. The van der Waals surface area contributed by atoms with Gasteiger partial charge >= 0.3 is 5.97 Å². The van der Waals surface area contributed by atoms with Crippen molar-refractivity contribution in [1.82, 2.24) is 61.5 Å². The smallest absolute Gasteiger partial charge is 0.320 e. The Morgan fingerprint density at radius 1 is 0.756 bits per heavy atom. The number of nitrogens with zero attached hydrogens (tertiary/aromatic N) is 7. The van der Waals surface area contributed by atoms with Gasteiger partial charge in [-0.1, -0.05) is 44.2 Å². The van der Waals surface area contributed by atoms with E-state index in [1.165, 1.54) is 48.2 Å². The molecule has 8 aromatic rings. The Hall–Kier alpha value is -7.68. The molecule has 0 fully saturated rings. The molecule has 426 valence electrons. The number of aryl methyl sites for hydroxylation is 1. The molecule has 0 saturated carbocycles. The summed E-state index contributed by atoms with van der Waals surface area (Å²) in [7, 11) is 2.93. The van der Waals surface area contributed by atoms with Crippen LogP contribution in [0.5, 0.6) is 0 Å². The lowest BCUT2D eigenvalue weighted by molar-refractivity contribution is -0.138. The molecule has 6 amide bonds. The third-order valence-electron chi connectivity index (χ3n) is 12.5. The van der Waals surface area contributed by atoms with Crippen LogP contribution in [0.1, 0.15) is 119 Å². The highest BCUT2D eigenvalue weighted by atomic mass is 32.1. The molecule has 9 rings (SSSR count). The number of amides is 6. The first-order valence-corrected chi connectivity index (χ1v) is 30.2. The average Bonchev–Trinajstić information content (AvgIpc) is 4.36. The van der Waals surface area contributed by atoms with Gasteiger partial charge in [-0.3, -0.25) is 33.6 Å². The van der Waals surface area contributed by atoms with Crippen molar-refractivity contribution in [3.63, 3.8) is 0 Å². The van der Waals surface area contributed by atoms with Gasteiger partial charge in [-0.15, -0.1) is 68.0 Å². The number of hydrogen-bond acceptors (Lipinski definition) is 23. The van der Waals surface area contributed by atoms with E-state index in [9.17, 15) is 38.7 Å². The molecule has 0 unspecified atom stereocenters. The summed E-state index contributed by atoms with van der Waals surface area (Å²) in [5.41, 5.74) is 7.85. The summed E-state index contributed by atoms with van der Waals surface area (Å²) in [5.74, 6) is -4.66. The molecule has 0 spiro atoms. The molecular weight excluding hydrogens is 1170 g/mol. The molecule has 30 heteroatoms. The summed E-state index contributed by atoms with van der Waals surface area (Å²) < 4.78 is 5.44. The van der Waals surface area contributed by atoms with E-state index in [1.807, 2.05) is 13.8 Å². The van der Waals surface area contributed by atoms with E-state index in [1.54, 1.807) is 71.7 Å². The number of aliphatic hydroxyl groups is 1. The molecule has 7 aromatic heterocycles. The monoisotopic (exact) mass is 1220 g/mol. The van der Waals surface area contributed by atoms with Crippen LogP contribution >= 0.6 is 68.0 Å². The number of fused-ring (bicyclic) bond motifs is 14. The van der Waals surface area contributed by atoms with Crippen LogP contribution in [0.4, 0.5) is 5.82 Å². The number of benzene rings is 1. The van der Waals surface area contributed by atoms with Gasteiger partial charge in [-0.2, -0.15) is 0 Å². The highest BCUT2D eigenvalue weighted by Gasteiger charge is 2.33. The number of anilines is 1. The molecule has 82 heavy (non-hydrogen) atoms. The first-order valence-electron chi connectivity index (χ1n) is 25.1. The van der Waals surface area contributed by atoms with Crippen LogP contribution in [-0.2, 0) is 30.5 Å². The molecule has 0 saturated heterocycles. The summed E-state index contributed by atoms with van der Waals surface area (Å²) in [6, 6.07) is 8.17. The van der Waals surface area contributed by atoms with E-state index >= 15 is 0 Å². The van der Waals surface area contributed by atoms with E-state index in [2.05, 4.69) is 46.9 Å². The van der Waals surface area contributed by atoms with Crippen molar-refractivity contribution < 1.29 is 48.5 Å². The fourth-order valence-electron chi connectivity index (χ4n) is 8.25. The van der Waals surface area contributed by atoms with Gasteiger partial charge in [0.25, 0.3) is 17.7 Å². The van der Waals surface area contributed by atoms with Crippen LogP contribution in [0, 0.1) is 12.8 Å². The van der Waals surface area contributed by atoms with E-state index < -0.39 is 78.2 Å². The lowest BCUT2D eigenvalue weighted by Gasteiger charge is -2.23. The van der Waals surface area contributed by atoms with Gasteiger partial charge in [0.2, 0.25) is 17.7 Å². The van der Waals surface area contributed by atoms with Crippen LogP contribution in [0.15, 0.2) is 64.8 Å². The minimum absolute atomic E-state index is 0.00393. The molecular formula is C52H52N14O10S6. The number of nitrogens with one attached hydrogen (secondary N) is 6. The molecule has 10 N–H and O–H groups in total. The predicted octanol–water partition coefficient (Wildman–Crippen LogP) is 6.44. The number of methoxy groups -OCH3 is 1. The maximum atomic E-state index is 14.3. The van der Waals surface area contributed by atoms with Gasteiger partial charge in [0.05, 0.1) is 52.8 Å². The molecule has 1 aliphatic heterocycles. The number of carbonyl (C=O) groups is 7. The minimum atomic E-state index is -1.29. The minimum Gasteiger partial charge on any atom is -0.480 e. The summed E-state index contributed by atoms with van der Waals surface area (Å²) in [5, 5.41) is 44.9. The summed E-state index contributed by atoms with van der Waals surface area (Å²) in [6.07, 6.45) is -0.137. The lowest BCUT2D eigenvalue weighted by atomic mass is 10.0. The van der Waals surface area contributed by atoms with Gasteiger partial charge < -0.3 is 52.6 Å². The Balaban J connectivity index is 1.11. The fourth-order valence-corrected chi connectivity index (χ4v) is 13.9. The van der Waals surface area contributed by atoms with Crippen molar-refractivity contribution in [1.29, 1.82) is 0 Å². The van der Waals surface area contributed by atoms with Crippen molar-refractivity contribution in [2.45, 2.75) is 76.9 Å². The van der Waals surface area contributed by atoms with Crippen LogP contribution in [0.25, 0.3) is 42.5 Å². The number of thiazole rings is 6. The number of pyridine rings is 1. The summed E-state index contributed by atoms with van der Waals surface area (Å²) >= 11 is 7.06. The summed E-state index contributed by atoms with van der Waals surface area (Å²) in [6.45, 7) is 4.92. The highest BCUT2D eigenvalue weighted by Crippen LogP contribution is 2.41. The third-order valence-corrected chi connectivity index (χ3v) is 18.4. The van der Waals surface area contributed by atoms with E-state index in [-0.39, 0.29) is 59.7 Å². The second-order valence-corrected chi connectivity index (χ2v) is 24.7. The molecule has 1 aromatic carbocycles. The quantitative estimate of drug-likeness (QED) is 0.0599. The second-order valence-electron chi connectivity index (χ2n) is 18.7.